The molecule has 0 fully saturated rings. The van der Waals surface area contributed by atoms with Crippen molar-refractivity contribution in [1.82, 2.24) is 9.97 Å². The molecule has 0 bridgehead atoms. The van der Waals surface area contributed by atoms with Crippen molar-refractivity contribution in [2.75, 3.05) is 23.9 Å². The minimum Gasteiger partial charge on any atom is -0.406 e. The molecular weight excluding hydrogens is 311 g/mol. The van der Waals surface area contributed by atoms with E-state index in [4.69, 9.17) is 5.73 Å². The monoisotopic (exact) mass is 325 g/mol. The zero-order chi connectivity index (χ0) is 16.6. The van der Waals surface area contributed by atoms with Crippen molar-refractivity contribution in [2.45, 2.75) is 12.9 Å². The van der Waals surface area contributed by atoms with E-state index < -0.39 is 6.36 Å². The van der Waals surface area contributed by atoms with Crippen molar-refractivity contribution >= 4 is 11.5 Å². The number of hydrogen-bond acceptors (Lipinski definition) is 6. The van der Waals surface area contributed by atoms with Gasteiger partial charge < -0.3 is 20.7 Å². The van der Waals surface area contributed by atoms with Gasteiger partial charge in [-0.1, -0.05) is 0 Å². The Morgan fingerprint density at radius 3 is 2.57 bits per heavy atom. The van der Waals surface area contributed by atoms with Crippen LogP contribution < -0.4 is 20.7 Å². The molecule has 0 spiro atoms. The topological polar surface area (TPSA) is 76.3 Å². The molecule has 3 N–H and O–H groups in total. The van der Waals surface area contributed by atoms with Crippen LogP contribution in [0.4, 0.5) is 24.7 Å². The molecule has 122 valence electrons. The number of nitrogens with zero attached hydrogens (tertiary/aromatic N) is 3. The van der Waals surface area contributed by atoms with Gasteiger partial charge >= 0.3 is 6.36 Å². The van der Waals surface area contributed by atoms with E-state index in [2.05, 4.69) is 20.0 Å². The Morgan fingerprint density at radius 1 is 1.26 bits per heavy atom. The first-order valence-electron chi connectivity index (χ1n) is 6.79. The third-order valence-corrected chi connectivity index (χ3v) is 3.33. The summed E-state index contributed by atoms with van der Waals surface area (Å²) in [6, 6.07) is 5.53. The van der Waals surface area contributed by atoms with E-state index in [1.54, 1.807) is 0 Å². The van der Waals surface area contributed by atoms with Crippen LogP contribution in [-0.2, 0) is 6.54 Å². The molecule has 23 heavy (non-hydrogen) atoms. The van der Waals surface area contributed by atoms with Gasteiger partial charge in [0.05, 0.1) is 18.9 Å². The molecule has 0 aliphatic carbocycles. The van der Waals surface area contributed by atoms with Crippen LogP contribution in [0.1, 0.15) is 5.82 Å². The molecular formula is C14H14F3N5O. The van der Waals surface area contributed by atoms with E-state index in [0.29, 0.717) is 29.6 Å². The van der Waals surface area contributed by atoms with Crippen LogP contribution >= 0.6 is 0 Å². The quantitative estimate of drug-likeness (QED) is 0.902. The second-order valence-electron chi connectivity index (χ2n) is 5.00. The maximum absolute atomic E-state index is 12.2. The average molecular weight is 325 g/mol. The number of rotatable bonds is 3. The van der Waals surface area contributed by atoms with Crippen LogP contribution in [-0.4, -0.2) is 30.0 Å². The maximum atomic E-state index is 12.2. The number of anilines is 2. The fraction of sp³-hybridized carbons (Fsp3) is 0.286. The van der Waals surface area contributed by atoms with E-state index in [0.717, 1.165) is 5.69 Å². The fourth-order valence-electron chi connectivity index (χ4n) is 2.32. The lowest BCUT2D eigenvalue weighted by molar-refractivity contribution is -0.274. The van der Waals surface area contributed by atoms with Gasteiger partial charge in [-0.2, -0.15) is 0 Å². The van der Waals surface area contributed by atoms with Crippen LogP contribution in [0.25, 0.3) is 11.3 Å². The molecule has 0 saturated carbocycles. The Labute approximate surface area is 130 Å². The van der Waals surface area contributed by atoms with Crippen LogP contribution in [0.15, 0.2) is 24.3 Å². The molecule has 3 rings (SSSR count). The number of hydrogen-bond donors (Lipinski definition) is 2. The van der Waals surface area contributed by atoms with E-state index in [1.165, 1.54) is 24.3 Å². The predicted octanol–water partition coefficient (Wildman–Crippen LogP) is 2.32. The fourth-order valence-corrected chi connectivity index (χ4v) is 2.32. The Bertz CT molecular complexity index is 718. The number of nitrogens with one attached hydrogen (secondary N) is 1. The molecule has 0 unspecified atom stereocenters. The molecule has 2 aromatic rings. The molecule has 1 aliphatic heterocycles. The average Bonchev–Trinajstić information content (AvgIpc) is 2.87. The van der Waals surface area contributed by atoms with Gasteiger partial charge in [-0.3, -0.25) is 0 Å². The van der Waals surface area contributed by atoms with Gasteiger partial charge in [-0.25, -0.2) is 9.97 Å². The summed E-state index contributed by atoms with van der Waals surface area (Å²) in [6.07, 6.45) is -4.71. The zero-order valence-corrected chi connectivity index (χ0v) is 12.2. The van der Waals surface area contributed by atoms with Gasteiger partial charge in [-0.05, 0) is 24.3 Å². The third-order valence-electron chi connectivity index (χ3n) is 3.33. The summed E-state index contributed by atoms with van der Waals surface area (Å²) >= 11 is 0. The number of benzene rings is 1. The highest BCUT2D eigenvalue weighted by molar-refractivity contribution is 5.85. The van der Waals surface area contributed by atoms with Crippen molar-refractivity contribution in [1.29, 1.82) is 0 Å². The first-order chi connectivity index (χ1) is 10.9. The van der Waals surface area contributed by atoms with Crippen LogP contribution in [0.5, 0.6) is 5.75 Å². The largest absolute Gasteiger partial charge is 0.573 e. The summed E-state index contributed by atoms with van der Waals surface area (Å²) in [5.41, 5.74) is 7.60. The van der Waals surface area contributed by atoms with Gasteiger partial charge in [0.2, 0.25) is 0 Å². The highest BCUT2D eigenvalue weighted by atomic mass is 19.4. The lowest BCUT2D eigenvalue weighted by atomic mass is 10.1. The lowest BCUT2D eigenvalue weighted by Crippen LogP contribution is -2.17. The lowest BCUT2D eigenvalue weighted by Gasteiger charge is -2.12. The first-order valence-corrected chi connectivity index (χ1v) is 6.79. The summed E-state index contributed by atoms with van der Waals surface area (Å²) in [4.78, 5) is 10.6. The number of aromatic nitrogens is 2. The Balaban J connectivity index is 1.99. The van der Waals surface area contributed by atoms with E-state index in [9.17, 15) is 13.2 Å². The molecule has 1 aromatic carbocycles. The summed E-state index contributed by atoms with van der Waals surface area (Å²) < 4.78 is 40.5. The van der Waals surface area contributed by atoms with E-state index in [1.807, 2.05) is 11.9 Å². The van der Waals surface area contributed by atoms with E-state index >= 15 is 0 Å². The number of ether oxygens (including phenoxy) is 1. The number of nitrogens with two attached hydrogens (primary N) is 1. The van der Waals surface area contributed by atoms with Gasteiger partial charge in [0.15, 0.2) is 5.82 Å². The normalized spacial score (nSPS) is 13.7. The number of alkyl halides is 3. The number of halogens is 3. The van der Waals surface area contributed by atoms with Gasteiger partial charge in [0.25, 0.3) is 0 Å². The third kappa shape index (κ3) is 3.14. The molecule has 0 atom stereocenters. The van der Waals surface area contributed by atoms with Crippen LogP contribution in [0.2, 0.25) is 0 Å². The molecule has 1 aliphatic rings. The minimum absolute atomic E-state index is 0.170. The minimum atomic E-state index is -4.71. The predicted molar refractivity (Wildman–Crippen MR) is 78.9 cm³/mol. The molecule has 6 nitrogen and oxygen atoms in total. The van der Waals surface area contributed by atoms with Crippen molar-refractivity contribution in [3.05, 3.63) is 30.1 Å². The summed E-state index contributed by atoms with van der Waals surface area (Å²) in [6.45, 7) is 0.740. The van der Waals surface area contributed by atoms with Crippen LogP contribution in [0.3, 0.4) is 0 Å². The highest BCUT2D eigenvalue weighted by Crippen LogP contribution is 2.37. The molecule has 1 aromatic heterocycles. The van der Waals surface area contributed by atoms with Crippen molar-refractivity contribution < 1.29 is 17.9 Å². The summed E-state index contributed by atoms with van der Waals surface area (Å²) in [7, 11) is 1.87. The Morgan fingerprint density at radius 2 is 1.96 bits per heavy atom. The molecule has 0 radical (unpaired) electrons. The molecule has 0 saturated heterocycles. The standard InChI is InChI=1S/C14H14F3N5O/c1-22-7-19-12-11(20-10(6-18)21-13(12)22)8-2-4-9(5-3-8)23-14(15,16)17/h2-5,19H,6-7,18H2,1H3. The van der Waals surface area contributed by atoms with Crippen molar-refractivity contribution in [3.8, 4) is 17.0 Å². The Hall–Kier alpha value is -2.55. The smallest absolute Gasteiger partial charge is 0.406 e. The maximum Gasteiger partial charge on any atom is 0.573 e. The second-order valence-corrected chi connectivity index (χ2v) is 5.00. The SMILES string of the molecule is CN1CNc2c(-c3ccc(OC(F)(F)F)cc3)nc(CN)nc21. The van der Waals surface area contributed by atoms with Gasteiger partial charge in [-0.15, -0.1) is 13.2 Å². The van der Waals surface area contributed by atoms with Gasteiger partial charge in [0, 0.05) is 12.6 Å². The molecule has 0 amide bonds. The number of fused-ring (bicyclic) bond motifs is 1. The van der Waals surface area contributed by atoms with Gasteiger partial charge in [0.1, 0.15) is 17.3 Å². The van der Waals surface area contributed by atoms with Crippen molar-refractivity contribution in [2.24, 2.45) is 5.73 Å². The second kappa shape index (κ2) is 5.58. The summed E-state index contributed by atoms with van der Waals surface area (Å²) in [5, 5.41) is 3.17. The zero-order valence-electron chi connectivity index (χ0n) is 12.2. The van der Waals surface area contributed by atoms with Crippen LogP contribution in [0, 0.1) is 0 Å². The summed E-state index contributed by atoms with van der Waals surface area (Å²) in [5.74, 6) is 0.895. The highest BCUT2D eigenvalue weighted by Gasteiger charge is 2.31. The Kier molecular flexibility index (Phi) is 3.72. The molecule has 9 heteroatoms. The van der Waals surface area contributed by atoms with E-state index in [-0.39, 0.29) is 12.3 Å². The van der Waals surface area contributed by atoms with Crippen molar-refractivity contribution in [3.63, 3.8) is 0 Å². The first kappa shape index (κ1) is 15.3. The molecule has 2 heterocycles.